The van der Waals surface area contributed by atoms with Gasteiger partial charge in [-0.15, -0.1) is 6.58 Å². The summed E-state index contributed by atoms with van der Waals surface area (Å²) in [5, 5.41) is 8.92. The average molecular weight is 270 g/mol. The Labute approximate surface area is 113 Å². The Balaban J connectivity index is 2.49. The van der Waals surface area contributed by atoms with Gasteiger partial charge >= 0.3 is 5.97 Å². The first kappa shape index (κ1) is 15.7. The molecule has 0 radical (unpaired) electrons. The average Bonchev–Trinajstić information content (AvgIpc) is 2.39. The van der Waals surface area contributed by atoms with Gasteiger partial charge in [-0.3, -0.25) is 14.5 Å². The number of ether oxygens (including phenoxy) is 1. The molecule has 0 saturated carbocycles. The largest absolute Gasteiger partial charge is 0.481 e. The third-order valence-corrected chi connectivity index (χ3v) is 3.06. The minimum Gasteiger partial charge on any atom is -0.481 e. The van der Waals surface area contributed by atoms with Crippen molar-refractivity contribution in [3.05, 3.63) is 12.7 Å². The van der Waals surface area contributed by atoms with Gasteiger partial charge in [-0.25, -0.2) is 0 Å². The van der Waals surface area contributed by atoms with Crippen LogP contribution in [0.1, 0.15) is 6.92 Å². The van der Waals surface area contributed by atoms with Crippen LogP contribution >= 0.6 is 0 Å². The van der Waals surface area contributed by atoms with Gasteiger partial charge in [0, 0.05) is 26.2 Å². The van der Waals surface area contributed by atoms with Crippen molar-refractivity contribution in [3.63, 3.8) is 0 Å². The molecule has 6 nitrogen and oxygen atoms in total. The van der Waals surface area contributed by atoms with Gasteiger partial charge in [-0.05, 0) is 0 Å². The van der Waals surface area contributed by atoms with E-state index in [4.69, 9.17) is 9.84 Å². The molecule has 1 fully saturated rings. The first-order chi connectivity index (χ1) is 9.04. The molecule has 1 heterocycles. The standard InChI is InChI=1S/C13H22N2O4/c1-3-4-14(9-11(2)13(17)18)10-12(16)15-5-7-19-8-6-15/h3,11H,1,4-10H2,2H3,(H,17,18). The summed E-state index contributed by atoms with van der Waals surface area (Å²) in [5.74, 6) is -1.34. The van der Waals surface area contributed by atoms with Crippen molar-refractivity contribution in [1.29, 1.82) is 0 Å². The summed E-state index contributed by atoms with van der Waals surface area (Å²) in [6.07, 6.45) is 1.68. The van der Waals surface area contributed by atoms with Crippen LogP contribution in [0.25, 0.3) is 0 Å². The number of morpholine rings is 1. The van der Waals surface area contributed by atoms with Crippen molar-refractivity contribution in [2.75, 3.05) is 45.9 Å². The number of amides is 1. The maximum absolute atomic E-state index is 12.1. The lowest BCUT2D eigenvalue weighted by atomic mass is 10.1. The fourth-order valence-electron chi connectivity index (χ4n) is 1.96. The molecule has 0 aromatic carbocycles. The Morgan fingerprint density at radius 3 is 2.63 bits per heavy atom. The highest BCUT2D eigenvalue weighted by molar-refractivity contribution is 5.78. The van der Waals surface area contributed by atoms with Crippen molar-refractivity contribution in [2.45, 2.75) is 6.92 Å². The summed E-state index contributed by atoms with van der Waals surface area (Å²) in [6.45, 7) is 8.70. The third-order valence-electron chi connectivity index (χ3n) is 3.06. The Morgan fingerprint density at radius 2 is 2.11 bits per heavy atom. The molecular weight excluding hydrogens is 248 g/mol. The van der Waals surface area contributed by atoms with Gasteiger partial charge in [0.2, 0.25) is 5.91 Å². The van der Waals surface area contributed by atoms with E-state index in [1.165, 1.54) is 0 Å². The number of carboxylic acids is 1. The SMILES string of the molecule is C=CCN(CC(=O)N1CCOCC1)CC(C)C(=O)O. The number of carbonyl (C=O) groups is 2. The lowest BCUT2D eigenvalue weighted by Gasteiger charge is -2.30. The molecule has 108 valence electrons. The van der Waals surface area contributed by atoms with E-state index in [-0.39, 0.29) is 12.5 Å². The molecule has 0 spiro atoms. The highest BCUT2D eigenvalue weighted by atomic mass is 16.5. The molecule has 1 N–H and O–H groups in total. The highest BCUT2D eigenvalue weighted by Crippen LogP contribution is 2.04. The quantitative estimate of drug-likeness (QED) is 0.662. The second-order valence-corrected chi connectivity index (χ2v) is 4.72. The molecule has 1 amide bonds. The van der Waals surface area contributed by atoms with Crippen LogP contribution in [0.4, 0.5) is 0 Å². The second-order valence-electron chi connectivity index (χ2n) is 4.72. The first-order valence-electron chi connectivity index (χ1n) is 6.46. The molecule has 1 aliphatic rings. The summed E-state index contributed by atoms with van der Waals surface area (Å²) < 4.78 is 5.20. The maximum atomic E-state index is 12.1. The van der Waals surface area contributed by atoms with E-state index in [0.29, 0.717) is 39.4 Å². The minimum atomic E-state index is -0.854. The van der Waals surface area contributed by atoms with Crippen molar-refractivity contribution in [1.82, 2.24) is 9.80 Å². The second kappa shape index (κ2) is 7.91. The highest BCUT2D eigenvalue weighted by Gasteiger charge is 2.21. The molecule has 1 aliphatic heterocycles. The summed E-state index contributed by atoms with van der Waals surface area (Å²) in [6, 6.07) is 0. The molecule has 1 atom stereocenters. The molecule has 6 heteroatoms. The predicted octanol–water partition coefficient (Wildman–Crippen LogP) is 0.0539. The Hall–Kier alpha value is -1.40. The van der Waals surface area contributed by atoms with E-state index in [1.807, 2.05) is 4.90 Å². The lowest BCUT2D eigenvalue weighted by molar-refractivity contribution is -0.143. The summed E-state index contributed by atoms with van der Waals surface area (Å²) in [4.78, 5) is 26.5. The van der Waals surface area contributed by atoms with Crippen molar-refractivity contribution in [2.24, 2.45) is 5.92 Å². The Morgan fingerprint density at radius 1 is 1.47 bits per heavy atom. The predicted molar refractivity (Wildman–Crippen MR) is 70.8 cm³/mol. The van der Waals surface area contributed by atoms with Gasteiger partial charge in [-0.1, -0.05) is 13.0 Å². The summed E-state index contributed by atoms with van der Waals surface area (Å²) in [7, 11) is 0. The molecular formula is C13H22N2O4. The van der Waals surface area contributed by atoms with Crippen LogP contribution in [0.5, 0.6) is 0 Å². The Kier molecular flexibility index (Phi) is 6.52. The van der Waals surface area contributed by atoms with E-state index in [9.17, 15) is 9.59 Å². The van der Waals surface area contributed by atoms with Crippen LogP contribution in [0.2, 0.25) is 0 Å². The zero-order valence-electron chi connectivity index (χ0n) is 11.4. The zero-order valence-corrected chi connectivity index (χ0v) is 11.4. The van der Waals surface area contributed by atoms with Crippen LogP contribution in [-0.4, -0.2) is 72.7 Å². The number of aliphatic carboxylic acids is 1. The van der Waals surface area contributed by atoms with Crippen LogP contribution in [0, 0.1) is 5.92 Å². The van der Waals surface area contributed by atoms with Crippen LogP contribution in [-0.2, 0) is 14.3 Å². The molecule has 0 aromatic heterocycles. The van der Waals surface area contributed by atoms with Crippen molar-refractivity contribution in [3.8, 4) is 0 Å². The Bertz CT molecular complexity index is 327. The number of carboxylic acid groups (broad SMARTS) is 1. The van der Waals surface area contributed by atoms with Gasteiger partial charge in [-0.2, -0.15) is 0 Å². The van der Waals surface area contributed by atoms with E-state index >= 15 is 0 Å². The molecule has 0 bridgehead atoms. The number of carbonyl (C=O) groups excluding carboxylic acids is 1. The van der Waals surface area contributed by atoms with Gasteiger partial charge < -0.3 is 14.7 Å². The molecule has 0 aromatic rings. The summed E-state index contributed by atoms with van der Waals surface area (Å²) >= 11 is 0. The number of hydrogen-bond acceptors (Lipinski definition) is 4. The van der Waals surface area contributed by atoms with Gasteiger partial charge in [0.15, 0.2) is 0 Å². The fourth-order valence-corrected chi connectivity index (χ4v) is 1.96. The van der Waals surface area contributed by atoms with E-state index in [2.05, 4.69) is 6.58 Å². The van der Waals surface area contributed by atoms with E-state index in [0.717, 1.165) is 0 Å². The number of rotatable bonds is 7. The normalized spacial score (nSPS) is 17.3. The van der Waals surface area contributed by atoms with Gasteiger partial charge in [0.05, 0.1) is 25.7 Å². The van der Waals surface area contributed by atoms with Gasteiger partial charge in [0.25, 0.3) is 0 Å². The van der Waals surface area contributed by atoms with Crippen molar-refractivity contribution < 1.29 is 19.4 Å². The van der Waals surface area contributed by atoms with E-state index in [1.54, 1.807) is 17.9 Å². The van der Waals surface area contributed by atoms with E-state index < -0.39 is 11.9 Å². The van der Waals surface area contributed by atoms with Gasteiger partial charge in [0.1, 0.15) is 0 Å². The lowest BCUT2D eigenvalue weighted by Crippen LogP contribution is -2.46. The molecule has 0 aliphatic carbocycles. The molecule has 19 heavy (non-hydrogen) atoms. The maximum Gasteiger partial charge on any atom is 0.307 e. The van der Waals surface area contributed by atoms with Crippen molar-refractivity contribution >= 4 is 11.9 Å². The van der Waals surface area contributed by atoms with Crippen LogP contribution in [0.15, 0.2) is 12.7 Å². The summed E-state index contributed by atoms with van der Waals surface area (Å²) in [5.41, 5.74) is 0. The monoisotopic (exact) mass is 270 g/mol. The molecule has 1 rings (SSSR count). The molecule has 1 saturated heterocycles. The number of hydrogen-bond donors (Lipinski definition) is 1. The van der Waals surface area contributed by atoms with Crippen LogP contribution < -0.4 is 0 Å². The fraction of sp³-hybridized carbons (Fsp3) is 0.692. The van der Waals surface area contributed by atoms with Crippen LogP contribution in [0.3, 0.4) is 0 Å². The smallest absolute Gasteiger partial charge is 0.307 e. The third kappa shape index (κ3) is 5.40. The zero-order chi connectivity index (χ0) is 14.3. The topological polar surface area (TPSA) is 70.1 Å². The first-order valence-corrected chi connectivity index (χ1v) is 6.46. The number of nitrogens with zero attached hydrogens (tertiary/aromatic N) is 2. The minimum absolute atomic E-state index is 0.0164. The molecule has 1 unspecified atom stereocenters.